The molecule has 1 amide bonds. The molecule has 548 valence electrons. The first-order valence-corrected chi connectivity index (χ1v) is 43.0. The Bertz CT molecular complexity index is 1400. The van der Waals surface area contributed by atoms with Gasteiger partial charge in [0.2, 0.25) is 5.91 Å². The Hall–Kier alpha value is -1.40. The summed E-state index contributed by atoms with van der Waals surface area (Å²) in [4.78, 5) is 24.6. The number of hydrogen-bond donors (Lipinski definition) is 3. The lowest BCUT2D eigenvalue weighted by Gasteiger charge is -2.20. The number of nitrogens with one attached hydrogen (secondary N) is 1. The maximum absolute atomic E-state index is 12.6. The number of aliphatic hydroxyl groups excluding tert-OH is 2. The zero-order valence-electron chi connectivity index (χ0n) is 63.1. The lowest BCUT2D eigenvalue weighted by atomic mass is 10.0. The van der Waals surface area contributed by atoms with Crippen molar-refractivity contribution in [3.8, 4) is 0 Å². The van der Waals surface area contributed by atoms with E-state index in [9.17, 15) is 19.8 Å². The summed E-state index contributed by atoms with van der Waals surface area (Å²) in [6, 6.07) is -0.624. The van der Waals surface area contributed by atoms with E-state index < -0.39 is 12.1 Å². The second-order valence-corrected chi connectivity index (χ2v) is 29.9. The van der Waals surface area contributed by atoms with E-state index in [-0.39, 0.29) is 18.5 Å². The number of esters is 1. The third-order valence-electron chi connectivity index (χ3n) is 20.6. The van der Waals surface area contributed by atoms with Crippen LogP contribution < -0.4 is 5.32 Å². The van der Waals surface area contributed by atoms with Crippen LogP contribution in [0, 0.1) is 0 Å². The molecular formula is C86H169NO5. The zero-order valence-corrected chi connectivity index (χ0v) is 63.1. The zero-order chi connectivity index (χ0) is 66.3. The van der Waals surface area contributed by atoms with Crippen LogP contribution in [0.25, 0.3) is 0 Å². The monoisotopic (exact) mass is 1300 g/mol. The highest BCUT2D eigenvalue weighted by molar-refractivity contribution is 5.76. The average Bonchev–Trinajstić information content (AvgIpc) is 3.62. The molecule has 0 aliphatic heterocycles. The minimum absolute atomic E-state index is 0.0267. The van der Waals surface area contributed by atoms with Gasteiger partial charge in [-0.05, 0) is 32.1 Å². The molecule has 0 bridgehead atoms. The first-order valence-electron chi connectivity index (χ1n) is 43.0. The summed E-state index contributed by atoms with van der Waals surface area (Å²) >= 11 is 0. The number of ether oxygens (including phenoxy) is 1. The highest BCUT2D eigenvalue weighted by atomic mass is 16.5. The highest BCUT2D eigenvalue weighted by Gasteiger charge is 2.18. The number of allylic oxidation sites excluding steroid dienone is 1. The Morgan fingerprint density at radius 1 is 0.293 bits per heavy atom. The van der Waals surface area contributed by atoms with E-state index >= 15 is 0 Å². The predicted octanol–water partition coefficient (Wildman–Crippen LogP) is 28.6. The smallest absolute Gasteiger partial charge is 0.305 e. The minimum atomic E-state index is -0.841. The number of unbranched alkanes of at least 4 members (excludes halogenated alkanes) is 71. The van der Waals surface area contributed by atoms with Gasteiger partial charge in [-0.15, -0.1) is 0 Å². The van der Waals surface area contributed by atoms with E-state index in [4.69, 9.17) is 4.74 Å². The predicted molar refractivity (Wildman–Crippen MR) is 407 cm³/mol. The molecule has 0 rings (SSSR count). The molecule has 0 aliphatic carbocycles. The molecule has 0 heterocycles. The number of carbonyl (C=O) groups excluding carboxylic acids is 2. The van der Waals surface area contributed by atoms with Gasteiger partial charge < -0.3 is 20.3 Å². The third kappa shape index (κ3) is 77.6. The largest absolute Gasteiger partial charge is 0.466 e. The molecule has 2 atom stereocenters. The van der Waals surface area contributed by atoms with Crippen molar-refractivity contribution in [1.29, 1.82) is 0 Å². The van der Waals surface area contributed by atoms with Crippen molar-refractivity contribution in [2.75, 3.05) is 13.2 Å². The van der Waals surface area contributed by atoms with Crippen molar-refractivity contribution >= 4 is 11.9 Å². The number of amides is 1. The standard InChI is InChI=1S/C86H169NO5/c1-3-5-7-9-11-13-15-17-18-19-20-21-39-42-45-48-51-55-58-62-66-70-74-78-84(89)83(82-88)87-85(90)79-75-71-67-63-59-56-52-49-46-43-40-37-35-33-31-29-27-25-23-22-24-26-28-30-32-34-36-38-41-44-47-50-53-57-61-65-69-73-77-81-92-86(91)80-76-72-68-64-60-54-16-14-12-10-8-6-4-2/h74,78,83-84,88-89H,3-73,75-77,79-82H2,1-2H3,(H,87,90)/b78-74+. The van der Waals surface area contributed by atoms with Crippen LogP contribution in [0.4, 0.5) is 0 Å². The first kappa shape index (κ1) is 90.6. The van der Waals surface area contributed by atoms with E-state index in [1.165, 1.54) is 437 Å². The number of rotatable bonds is 82. The van der Waals surface area contributed by atoms with Crippen LogP contribution in [0.3, 0.4) is 0 Å². The number of carbonyl (C=O) groups is 2. The van der Waals surface area contributed by atoms with Gasteiger partial charge in [0.15, 0.2) is 0 Å². The normalized spacial score (nSPS) is 12.4. The van der Waals surface area contributed by atoms with Crippen LogP contribution >= 0.6 is 0 Å². The molecule has 0 aromatic rings. The fourth-order valence-corrected chi connectivity index (χ4v) is 14.1. The lowest BCUT2D eigenvalue weighted by Crippen LogP contribution is -2.45. The van der Waals surface area contributed by atoms with Gasteiger partial charge in [0, 0.05) is 12.8 Å². The average molecular weight is 1300 g/mol. The van der Waals surface area contributed by atoms with Gasteiger partial charge in [-0.3, -0.25) is 9.59 Å². The van der Waals surface area contributed by atoms with Gasteiger partial charge in [-0.2, -0.15) is 0 Å². The summed E-state index contributed by atoms with van der Waals surface area (Å²) in [7, 11) is 0. The number of aliphatic hydroxyl groups is 2. The molecule has 0 radical (unpaired) electrons. The van der Waals surface area contributed by atoms with Crippen molar-refractivity contribution in [2.45, 2.75) is 514 Å². The molecule has 3 N–H and O–H groups in total. The number of hydrogen-bond acceptors (Lipinski definition) is 5. The summed E-state index contributed by atoms with van der Waals surface area (Å²) in [6.45, 7) is 4.97. The molecule has 92 heavy (non-hydrogen) atoms. The van der Waals surface area contributed by atoms with Gasteiger partial charge in [-0.1, -0.05) is 469 Å². The quantitative estimate of drug-likeness (QED) is 0.0320. The Morgan fingerprint density at radius 2 is 0.500 bits per heavy atom. The molecule has 0 aromatic heterocycles. The van der Waals surface area contributed by atoms with Crippen molar-refractivity contribution in [3.05, 3.63) is 12.2 Å². The van der Waals surface area contributed by atoms with Crippen molar-refractivity contribution in [3.63, 3.8) is 0 Å². The van der Waals surface area contributed by atoms with Gasteiger partial charge in [0.25, 0.3) is 0 Å². The van der Waals surface area contributed by atoms with Crippen LogP contribution in [-0.4, -0.2) is 47.4 Å². The van der Waals surface area contributed by atoms with Crippen molar-refractivity contribution in [2.24, 2.45) is 0 Å². The maximum Gasteiger partial charge on any atom is 0.305 e. The highest BCUT2D eigenvalue weighted by Crippen LogP contribution is 2.21. The fourth-order valence-electron chi connectivity index (χ4n) is 14.1. The lowest BCUT2D eigenvalue weighted by molar-refractivity contribution is -0.143. The SMILES string of the molecule is CCCCCCCCCCCCCCCCCCCCCCC/C=C/C(O)C(CO)NC(=O)CCCCCCCCCCCCCCCCCCCCCCCCCCCCCCCCCCCCCCCCCOC(=O)CCCCCCCCCCCCCCC. The minimum Gasteiger partial charge on any atom is -0.466 e. The molecule has 0 aliphatic rings. The molecule has 0 fully saturated rings. The molecule has 6 heteroatoms. The Kier molecular flexibility index (Phi) is 80.8. The van der Waals surface area contributed by atoms with E-state index in [0.29, 0.717) is 19.4 Å². The van der Waals surface area contributed by atoms with Crippen LogP contribution in [0.1, 0.15) is 502 Å². The summed E-state index contributed by atoms with van der Waals surface area (Å²) < 4.78 is 5.50. The van der Waals surface area contributed by atoms with Crippen LogP contribution in [0.15, 0.2) is 12.2 Å². The Morgan fingerprint density at radius 3 is 0.739 bits per heavy atom. The summed E-state index contributed by atoms with van der Waals surface area (Å²) in [5.74, 6) is -0.0292. The molecule has 0 aromatic carbocycles. The molecule has 0 saturated carbocycles. The summed E-state index contributed by atoms with van der Waals surface area (Å²) in [5, 5.41) is 23.3. The van der Waals surface area contributed by atoms with Gasteiger partial charge in [0.05, 0.1) is 25.4 Å². The van der Waals surface area contributed by atoms with E-state index in [2.05, 4.69) is 19.2 Å². The van der Waals surface area contributed by atoms with Crippen LogP contribution in [0.2, 0.25) is 0 Å². The fraction of sp³-hybridized carbons (Fsp3) is 0.953. The molecular weight excluding hydrogens is 1130 g/mol. The van der Waals surface area contributed by atoms with E-state index in [1.807, 2.05) is 6.08 Å². The van der Waals surface area contributed by atoms with E-state index in [0.717, 1.165) is 38.5 Å². The van der Waals surface area contributed by atoms with E-state index in [1.54, 1.807) is 6.08 Å². The summed E-state index contributed by atoms with van der Waals surface area (Å²) in [6.07, 6.45) is 105. The topological polar surface area (TPSA) is 95.9 Å². The van der Waals surface area contributed by atoms with Crippen molar-refractivity contribution < 1.29 is 24.5 Å². The molecule has 2 unspecified atom stereocenters. The molecule has 0 spiro atoms. The summed E-state index contributed by atoms with van der Waals surface area (Å²) in [5.41, 5.74) is 0. The van der Waals surface area contributed by atoms with Gasteiger partial charge in [-0.25, -0.2) is 0 Å². The second-order valence-electron chi connectivity index (χ2n) is 29.9. The second kappa shape index (κ2) is 82.0. The molecule has 6 nitrogen and oxygen atoms in total. The Labute approximate surface area is 578 Å². The Balaban J connectivity index is 3.31. The maximum atomic E-state index is 12.6. The van der Waals surface area contributed by atoms with Gasteiger partial charge in [0.1, 0.15) is 0 Å². The van der Waals surface area contributed by atoms with Gasteiger partial charge >= 0.3 is 5.97 Å². The van der Waals surface area contributed by atoms with Crippen LogP contribution in [-0.2, 0) is 14.3 Å². The van der Waals surface area contributed by atoms with Crippen molar-refractivity contribution in [1.82, 2.24) is 5.32 Å². The molecule has 0 saturated heterocycles. The first-order chi connectivity index (χ1) is 45.5. The van der Waals surface area contributed by atoms with Crippen LogP contribution in [0.5, 0.6) is 0 Å². The third-order valence-corrected chi connectivity index (χ3v) is 20.6.